The number of aryl methyl sites for hydroxylation is 2. The Labute approximate surface area is 150 Å². The predicted molar refractivity (Wildman–Crippen MR) is 103 cm³/mol. The molecule has 1 aliphatic rings. The van der Waals surface area contributed by atoms with Crippen LogP contribution in [0.4, 0.5) is 0 Å². The van der Waals surface area contributed by atoms with Gasteiger partial charge in [0.15, 0.2) is 10.8 Å². The molecule has 0 saturated carbocycles. The molecule has 4 rings (SSSR count). The van der Waals surface area contributed by atoms with Gasteiger partial charge in [0, 0.05) is 11.4 Å². The largest absolute Gasteiger partial charge is 0.268 e. The molecule has 0 spiro atoms. The number of aromatic nitrogens is 3. The fraction of sp³-hybridized carbons (Fsp3) is 0.250. The van der Waals surface area contributed by atoms with E-state index in [2.05, 4.69) is 6.58 Å². The molecule has 0 atom stereocenters. The van der Waals surface area contributed by atoms with Gasteiger partial charge in [-0.2, -0.15) is 0 Å². The van der Waals surface area contributed by atoms with Gasteiger partial charge in [0.05, 0.1) is 11.1 Å². The zero-order valence-corrected chi connectivity index (χ0v) is 14.8. The Bertz CT molecular complexity index is 995. The SMILES string of the molecule is C=CCSc1nc2nc3c(cc2c(=O)n1-c1ccccc1)CCCC3. The molecule has 0 fully saturated rings. The van der Waals surface area contributed by atoms with E-state index < -0.39 is 0 Å². The van der Waals surface area contributed by atoms with Crippen LogP contribution in [0.1, 0.15) is 24.1 Å². The standard InChI is InChI=1S/C20H19N3OS/c1-2-12-25-20-22-18-16(13-14-8-6-7-11-17(14)21-18)19(24)23(20)15-9-4-3-5-10-15/h2-5,9-10,13H,1,6-8,11-12H2. The van der Waals surface area contributed by atoms with E-state index in [0.717, 1.165) is 37.1 Å². The number of benzene rings is 1. The first kappa shape index (κ1) is 16.1. The molecule has 0 radical (unpaired) electrons. The van der Waals surface area contributed by atoms with Crippen LogP contribution in [0.25, 0.3) is 16.7 Å². The fourth-order valence-corrected chi connectivity index (χ4v) is 3.98. The highest BCUT2D eigenvalue weighted by Gasteiger charge is 2.18. The minimum Gasteiger partial charge on any atom is -0.268 e. The highest BCUT2D eigenvalue weighted by molar-refractivity contribution is 7.99. The van der Waals surface area contributed by atoms with Crippen molar-refractivity contribution in [3.05, 3.63) is 70.7 Å². The van der Waals surface area contributed by atoms with Gasteiger partial charge in [-0.3, -0.25) is 9.36 Å². The number of hydrogen-bond donors (Lipinski definition) is 0. The fourth-order valence-electron chi connectivity index (χ4n) is 3.25. The van der Waals surface area contributed by atoms with Crippen molar-refractivity contribution in [1.82, 2.24) is 14.5 Å². The number of rotatable bonds is 4. The van der Waals surface area contributed by atoms with E-state index in [1.165, 1.54) is 17.3 Å². The molecule has 126 valence electrons. The second kappa shape index (κ2) is 6.84. The molecule has 0 amide bonds. The van der Waals surface area contributed by atoms with Gasteiger partial charge in [0.2, 0.25) is 0 Å². The van der Waals surface area contributed by atoms with Gasteiger partial charge in [0.25, 0.3) is 5.56 Å². The van der Waals surface area contributed by atoms with Crippen molar-refractivity contribution in [3.8, 4) is 5.69 Å². The van der Waals surface area contributed by atoms with Crippen molar-refractivity contribution in [2.24, 2.45) is 0 Å². The average Bonchev–Trinajstić information content (AvgIpc) is 2.66. The molecular formula is C20H19N3OS. The monoisotopic (exact) mass is 349 g/mol. The topological polar surface area (TPSA) is 47.8 Å². The molecule has 0 saturated heterocycles. The number of hydrogen-bond acceptors (Lipinski definition) is 4. The van der Waals surface area contributed by atoms with Crippen LogP contribution in [-0.2, 0) is 12.8 Å². The Morgan fingerprint density at radius 1 is 1.16 bits per heavy atom. The maximum atomic E-state index is 13.2. The minimum atomic E-state index is -0.0522. The van der Waals surface area contributed by atoms with Gasteiger partial charge in [0.1, 0.15) is 0 Å². The van der Waals surface area contributed by atoms with Crippen LogP contribution in [0.3, 0.4) is 0 Å². The van der Waals surface area contributed by atoms with Crippen LogP contribution >= 0.6 is 11.8 Å². The van der Waals surface area contributed by atoms with Crippen molar-refractivity contribution < 1.29 is 0 Å². The van der Waals surface area contributed by atoms with Crippen molar-refractivity contribution >= 4 is 22.8 Å². The lowest BCUT2D eigenvalue weighted by Crippen LogP contribution is -2.23. The summed E-state index contributed by atoms with van der Waals surface area (Å²) in [6.07, 6.45) is 6.11. The third-order valence-electron chi connectivity index (χ3n) is 4.45. The van der Waals surface area contributed by atoms with Crippen molar-refractivity contribution in [2.75, 3.05) is 5.75 Å². The summed E-state index contributed by atoms with van der Waals surface area (Å²) >= 11 is 1.50. The second-order valence-electron chi connectivity index (χ2n) is 6.14. The van der Waals surface area contributed by atoms with E-state index in [1.807, 2.05) is 42.5 Å². The summed E-state index contributed by atoms with van der Waals surface area (Å²) in [5.74, 6) is 0.690. The molecule has 1 aromatic carbocycles. The Morgan fingerprint density at radius 3 is 2.76 bits per heavy atom. The van der Waals surface area contributed by atoms with Crippen LogP contribution in [0.2, 0.25) is 0 Å². The summed E-state index contributed by atoms with van der Waals surface area (Å²) in [5, 5.41) is 1.26. The summed E-state index contributed by atoms with van der Waals surface area (Å²) in [5.41, 5.74) is 3.63. The molecule has 3 aromatic rings. The molecular weight excluding hydrogens is 330 g/mol. The number of nitrogens with zero attached hydrogens (tertiary/aromatic N) is 3. The Hall–Kier alpha value is -2.40. The first-order valence-corrected chi connectivity index (χ1v) is 9.51. The van der Waals surface area contributed by atoms with Gasteiger partial charge in [-0.05, 0) is 49.4 Å². The summed E-state index contributed by atoms with van der Waals surface area (Å²) in [7, 11) is 0. The van der Waals surface area contributed by atoms with Crippen molar-refractivity contribution in [2.45, 2.75) is 30.8 Å². The number of para-hydroxylation sites is 1. The molecule has 0 bridgehead atoms. The Kier molecular flexibility index (Phi) is 4.40. The Morgan fingerprint density at radius 2 is 1.96 bits per heavy atom. The van der Waals surface area contributed by atoms with E-state index in [9.17, 15) is 4.79 Å². The van der Waals surface area contributed by atoms with Crippen LogP contribution < -0.4 is 5.56 Å². The van der Waals surface area contributed by atoms with E-state index in [1.54, 1.807) is 4.57 Å². The third kappa shape index (κ3) is 3.00. The molecule has 1 aliphatic carbocycles. The number of thioether (sulfide) groups is 1. The van der Waals surface area contributed by atoms with Gasteiger partial charge in [-0.1, -0.05) is 36.0 Å². The second-order valence-corrected chi connectivity index (χ2v) is 7.13. The van der Waals surface area contributed by atoms with Crippen molar-refractivity contribution in [1.29, 1.82) is 0 Å². The van der Waals surface area contributed by atoms with E-state index in [4.69, 9.17) is 9.97 Å². The van der Waals surface area contributed by atoms with E-state index in [-0.39, 0.29) is 5.56 Å². The van der Waals surface area contributed by atoms with Gasteiger partial charge in [-0.15, -0.1) is 6.58 Å². The summed E-state index contributed by atoms with van der Waals surface area (Å²) in [6, 6.07) is 11.7. The molecule has 25 heavy (non-hydrogen) atoms. The smallest absolute Gasteiger partial charge is 0.268 e. The highest BCUT2D eigenvalue weighted by atomic mass is 32.2. The van der Waals surface area contributed by atoms with Crippen LogP contribution in [0.15, 0.2) is 59.0 Å². The van der Waals surface area contributed by atoms with E-state index >= 15 is 0 Å². The van der Waals surface area contributed by atoms with Gasteiger partial charge in [-0.25, -0.2) is 9.97 Å². The first-order valence-electron chi connectivity index (χ1n) is 8.52. The zero-order chi connectivity index (χ0) is 17.2. The summed E-state index contributed by atoms with van der Waals surface area (Å²) in [4.78, 5) is 22.7. The normalized spacial score (nSPS) is 13.6. The maximum absolute atomic E-state index is 13.2. The maximum Gasteiger partial charge on any atom is 0.268 e. The molecule has 0 N–H and O–H groups in total. The van der Waals surface area contributed by atoms with Crippen molar-refractivity contribution in [3.63, 3.8) is 0 Å². The summed E-state index contributed by atoms with van der Waals surface area (Å²) < 4.78 is 1.69. The van der Waals surface area contributed by atoms with Crippen LogP contribution in [0.5, 0.6) is 0 Å². The lowest BCUT2D eigenvalue weighted by molar-refractivity contribution is 0.669. The third-order valence-corrected chi connectivity index (χ3v) is 5.39. The molecule has 2 aromatic heterocycles. The van der Waals surface area contributed by atoms with Crippen LogP contribution in [-0.4, -0.2) is 20.3 Å². The summed E-state index contributed by atoms with van der Waals surface area (Å²) in [6.45, 7) is 3.77. The highest BCUT2D eigenvalue weighted by Crippen LogP contribution is 2.25. The average molecular weight is 349 g/mol. The van der Waals surface area contributed by atoms with Gasteiger partial charge >= 0.3 is 0 Å². The van der Waals surface area contributed by atoms with E-state index in [0.29, 0.717) is 21.9 Å². The Balaban J connectivity index is 1.99. The molecule has 2 heterocycles. The first-order chi connectivity index (χ1) is 12.3. The lowest BCUT2D eigenvalue weighted by atomic mass is 9.95. The molecule has 5 heteroatoms. The minimum absolute atomic E-state index is 0.0522. The number of fused-ring (bicyclic) bond motifs is 2. The quantitative estimate of drug-likeness (QED) is 0.407. The number of pyridine rings is 1. The van der Waals surface area contributed by atoms with Crippen LogP contribution in [0, 0.1) is 0 Å². The molecule has 4 nitrogen and oxygen atoms in total. The molecule has 0 aliphatic heterocycles. The molecule has 0 unspecified atom stereocenters. The predicted octanol–water partition coefficient (Wildman–Crippen LogP) is 3.94. The zero-order valence-electron chi connectivity index (χ0n) is 13.9. The van der Waals surface area contributed by atoms with Gasteiger partial charge < -0.3 is 0 Å². The lowest BCUT2D eigenvalue weighted by Gasteiger charge is -2.17.